The zero-order valence-electron chi connectivity index (χ0n) is 12.5. The Bertz CT molecular complexity index is 423. The van der Waals surface area contributed by atoms with Crippen LogP contribution >= 0.6 is 0 Å². The van der Waals surface area contributed by atoms with E-state index < -0.39 is 0 Å². The monoisotopic (exact) mass is 262 g/mol. The first-order chi connectivity index (χ1) is 8.95. The van der Waals surface area contributed by atoms with Gasteiger partial charge in [-0.05, 0) is 38.8 Å². The quantitative estimate of drug-likeness (QED) is 0.909. The van der Waals surface area contributed by atoms with Crippen molar-refractivity contribution in [3.8, 4) is 0 Å². The molecular formula is C16H26N2O. The molecule has 1 aliphatic rings. The summed E-state index contributed by atoms with van der Waals surface area (Å²) < 4.78 is 5.76. The van der Waals surface area contributed by atoms with Gasteiger partial charge in [0.1, 0.15) is 0 Å². The molecule has 1 aromatic carbocycles. The fourth-order valence-corrected chi connectivity index (χ4v) is 2.97. The van der Waals surface area contributed by atoms with E-state index in [2.05, 4.69) is 50.8 Å². The van der Waals surface area contributed by atoms with Crippen molar-refractivity contribution >= 4 is 0 Å². The summed E-state index contributed by atoms with van der Waals surface area (Å²) in [7, 11) is 0. The van der Waals surface area contributed by atoms with E-state index in [0.29, 0.717) is 12.2 Å². The molecule has 106 valence electrons. The van der Waals surface area contributed by atoms with Crippen LogP contribution in [0.4, 0.5) is 0 Å². The Morgan fingerprint density at radius 2 is 1.89 bits per heavy atom. The maximum absolute atomic E-state index is 6.40. The number of hydrogen-bond acceptors (Lipinski definition) is 3. The van der Waals surface area contributed by atoms with E-state index in [-0.39, 0.29) is 6.04 Å². The molecular weight excluding hydrogens is 236 g/mol. The zero-order valence-corrected chi connectivity index (χ0v) is 12.5. The lowest BCUT2D eigenvalue weighted by Gasteiger charge is -2.36. The molecule has 3 heteroatoms. The molecule has 0 saturated carbocycles. The lowest BCUT2D eigenvalue weighted by atomic mass is 9.99. The van der Waals surface area contributed by atoms with Crippen molar-refractivity contribution in [2.75, 3.05) is 19.6 Å². The van der Waals surface area contributed by atoms with Gasteiger partial charge in [-0.3, -0.25) is 4.90 Å². The van der Waals surface area contributed by atoms with Gasteiger partial charge in [0.2, 0.25) is 0 Å². The summed E-state index contributed by atoms with van der Waals surface area (Å²) in [5, 5.41) is 0. The highest BCUT2D eigenvalue weighted by atomic mass is 16.5. The van der Waals surface area contributed by atoms with Crippen LogP contribution in [0.3, 0.4) is 0 Å². The number of ether oxygens (including phenoxy) is 1. The van der Waals surface area contributed by atoms with E-state index >= 15 is 0 Å². The second-order valence-corrected chi connectivity index (χ2v) is 5.94. The maximum atomic E-state index is 6.40. The first-order valence-electron chi connectivity index (χ1n) is 7.16. The van der Waals surface area contributed by atoms with Crippen molar-refractivity contribution in [2.45, 2.75) is 45.9 Å². The predicted molar refractivity (Wildman–Crippen MR) is 79.3 cm³/mol. The van der Waals surface area contributed by atoms with Gasteiger partial charge in [0, 0.05) is 25.7 Å². The van der Waals surface area contributed by atoms with Crippen LogP contribution in [0.1, 0.15) is 36.6 Å². The third-order valence-electron chi connectivity index (χ3n) is 3.78. The predicted octanol–water partition coefficient (Wildman–Crippen LogP) is 2.41. The van der Waals surface area contributed by atoms with Crippen LogP contribution in [0.15, 0.2) is 18.2 Å². The zero-order chi connectivity index (χ0) is 14.0. The molecule has 0 spiro atoms. The minimum Gasteiger partial charge on any atom is -0.373 e. The average molecular weight is 262 g/mol. The van der Waals surface area contributed by atoms with Crippen molar-refractivity contribution in [3.63, 3.8) is 0 Å². The number of benzene rings is 1. The normalized spacial score (nSPS) is 26.4. The molecule has 3 nitrogen and oxygen atoms in total. The average Bonchev–Trinajstić information content (AvgIpc) is 2.30. The first-order valence-corrected chi connectivity index (χ1v) is 7.16. The largest absolute Gasteiger partial charge is 0.373 e. The van der Waals surface area contributed by atoms with Gasteiger partial charge in [-0.25, -0.2) is 0 Å². The maximum Gasteiger partial charge on any atom is 0.0678 e. The summed E-state index contributed by atoms with van der Waals surface area (Å²) in [6.07, 6.45) is 0.601. The van der Waals surface area contributed by atoms with Crippen LogP contribution in [0, 0.1) is 13.8 Å². The van der Waals surface area contributed by atoms with Crippen molar-refractivity contribution in [3.05, 3.63) is 34.9 Å². The molecule has 1 aromatic rings. The standard InChI is InChI=1S/C16H26N2O/c1-11-5-6-12(2)15(7-11)16(17)10-18-8-13(3)19-14(4)9-18/h5-7,13-14,16H,8-10,17H2,1-4H3/t13-,14+,16?. The van der Waals surface area contributed by atoms with Gasteiger partial charge in [-0.1, -0.05) is 23.8 Å². The summed E-state index contributed by atoms with van der Waals surface area (Å²) in [5.74, 6) is 0. The SMILES string of the molecule is Cc1ccc(C)c(C(N)CN2C[C@@H](C)O[C@@H](C)C2)c1. The van der Waals surface area contributed by atoms with E-state index in [1.807, 2.05) is 0 Å². The minimum atomic E-state index is 0.0809. The molecule has 1 aliphatic heterocycles. The molecule has 1 unspecified atom stereocenters. The molecule has 0 amide bonds. The van der Waals surface area contributed by atoms with E-state index in [1.54, 1.807) is 0 Å². The lowest BCUT2D eigenvalue weighted by molar-refractivity contribution is -0.0691. The Morgan fingerprint density at radius 3 is 2.53 bits per heavy atom. The molecule has 0 aromatic heterocycles. The molecule has 2 N–H and O–H groups in total. The highest BCUT2D eigenvalue weighted by Gasteiger charge is 2.24. The molecule has 2 rings (SSSR count). The molecule has 3 atom stereocenters. The number of aryl methyl sites for hydroxylation is 2. The van der Waals surface area contributed by atoms with Crippen LogP contribution in [-0.4, -0.2) is 36.7 Å². The first kappa shape index (κ1) is 14.5. The third-order valence-corrected chi connectivity index (χ3v) is 3.78. The van der Waals surface area contributed by atoms with Crippen LogP contribution < -0.4 is 5.73 Å². The number of hydrogen-bond donors (Lipinski definition) is 1. The second-order valence-electron chi connectivity index (χ2n) is 5.94. The molecule has 1 saturated heterocycles. The molecule has 0 aliphatic carbocycles. The molecule has 1 fully saturated rings. The fraction of sp³-hybridized carbons (Fsp3) is 0.625. The Balaban J connectivity index is 2.04. The Kier molecular flexibility index (Phi) is 4.61. The van der Waals surface area contributed by atoms with Gasteiger partial charge in [-0.2, -0.15) is 0 Å². The smallest absolute Gasteiger partial charge is 0.0678 e. The Labute approximate surface area is 116 Å². The molecule has 19 heavy (non-hydrogen) atoms. The lowest BCUT2D eigenvalue weighted by Crippen LogP contribution is -2.47. The van der Waals surface area contributed by atoms with Crippen molar-refractivity contribution in [2.24, 2.45) is 5.73 Å². The van der Waals surface area contributed by atoms with Gasteiger partial charge in [-0.15, -0.1) is 0 Å². The van der Waals surface area contributed by atoms with E-state index in [4.69, 9.17) is 10.5 Å². The van der Waals surface area contributed by atoms with Crippen molar-refractivity contribution in [1.29, 1.82) is 0 Å². The summed E-state index contributed by atoms with van der Waals surface area (Å²) in [5.41, 5.74) is 10.2. The molecule has 0 radical (unpaired) electrons. The molecule has 1 heterocycles. The van der Waals surface area contributed by atoms with E-state index in [1.165, 1.54) is 16.7 Å². The second kappa shape index (κ2) is 6.04. The summed E-state index contributed by atoms with van der Waals surface area (Å²) in [6.45, 7) is 11.4. The number of nitrogens with zero attached hydrogens (tertiary/aromatic N) is 1. The Hall–Kier alpha value is -0.900. The van der Waals surface area contributed by atoms with Gasteiger partial charge in [0.25, 0.3) is 0 Å². The van der Waals surface area contributed by atoms with E-state index in [9.17, 15) is 0 Å². The minimum absolute atomic E-state index is 0.0809. The summed E-state index contributed by atoms with van der Waals surface area (Å²) in [6, 6.07) is 6.60. The topological polar surface area (TPSA) is 38.5 Å². The third kappa shape index (κ3) is 3.78. The molecule has 0 bridgehead atoms. The van der Waals surface area contributed by atoms with Gasteiger partial charge in [0.05, 0.1) is 12.2 Å². The number of rotatable bonds is 3. The van der Waals surface area contributed by atoms with E-state index in [0.717, 1.165) is 19.6 Å². The van der Waals surface area contributed by atoms with Crippen LogP contribution in [-0.2, 0) is 4.74 Å². The Morgan fingerprint density at radius 1 is 1.26 bits per heavy atom. The fourth-order valence-electron chi connectivity index (χ4n) is 2.97. The van der Waals surface area contributed by atoms with Crippen molar-refractivity contribution in [1.82, 2.24) is 4.90 Å². The van der Waals surface area contributed by atoms with Crippen LogP contribution in [0.5, 0.6) is 0 Å². The number of nitrogens with two attached hydrogens (primary N) is 1. The van der Waals surface area contributed by atoms with Gasteiger partial charge < -0.3 is 10.5 Å². The van der Waals surface area contributed by atoms with Crippen LogP contribution in [0.25, 0.3) is 0 Å². The highest BCUT2D eigenvalue weighted by molar-refractivity contribution is 5.33. The summed E-state index contributed by atoms with van der Waals surface area (Å²) >= 11 is 0. The van der Waals surface area contributed by atoms with Gasteiger partial charge >= 0.3 is 0 Å². The van der Waals surface area contributed by atoms with Gasteiger partial charge in [0.15, 0.2) is 0 Å². The van der Waals surface area contributed by atoms with Crippen LogP contribution in [0.2, 0.25) is 0 Å². The summed E-state index contributed by atoms with van der Waals surface area (Å²) in [4.78, 5) is 2.42. The van der Waals surface area contributed by atoms with Crippen molar-refractivity contribution < 1.29 is 4.74 Å². The highest BCUT2D eigenvalue weighted by Crippen LogP contribution is 2.20. The number of morpholine rings is 1.